The fourth-order valence-corrected chi connectivity index (χ4v) is 2.65. The van der Waals surface area contributed by atoms with Crippen molar-refractivity contribution in [2.24, 2.45) is 0 Å². The van der Waals surface area contributed by atoms with E-state index < -0.39 is 0 Å². The van der Waals surface area contributed by atoms with Gasteiger partial charge in [-0.3, -0.25) is 0 Å². The molecule has 0 bridgehead atoms. The maximum atomic E-state index is 11.2. The molecule has 20 heavy (non-hydrogen) atoms. The van der Waals surface area contributed by atoms with E-state index in [9.17, 15) is 9.90 Å². The topological polar surface area (TPSA) is 46.5 Å². The molecule has 1 aliphatic heterocycles. The van der Waals surface area contributed by atoms with Crippen LogP contribution in [0.5, 0.6) is 11.5 Å². The zero-order chi connectivity index (χ0) is 13.9. The van der Waals surface area contributed by atoms with Crippen LogP contribution >= 0.6 is 0 Å². The minimum Gasteiger partial charge on any atom is -0.508 e. The molecule has 0 aliphatic carbocycles. The number of phenolic OH excluding ortho intramolecular Hbond substituents is 1. The number of aldehydes is 1. The van der Waals surface area contributed by atoms with Gasteiger partial charge in [-0.05, 0) is 18.1 Å². The van der Waals surface area contributed by atoms with Gasteiger partial charge in [0.15, 0.2) is 0 Å². The van der Waals surface area contributed by atoms with Gasteiger partial charge in [-0.25, -0.2) is 0 Å². The van der Waals surface area contributed by atoms with E-state index >= 15 is 0 Å². The Bertz CT molecular complexity index is 620. The first-order valence-electron chi connectivity index (χ1n) is 6.76. The highest BCUT2D eigenvalue weighted by Gasteiger charge is 2.25. The number of aromatic hydroxyl groups is 1. The highest BCUT2D eigenvalue weighted by molar-refractivity contribution is 5.67. The smallest absolute Gasteiger partial charge is 0.130 e. The Morgan fingerprint density at radius 3 is 2.75 bits per heavy atom. The molecular formula is C17H16O3. The van der Waals surface area contributed by atoms with Crippen LogP contribution < -0.4 is 4.74 Å². The standard InChI is InChI=1S/C17H16O3/c18-11-13-8-9-20-17-14(13)6-7-16(19)15(17)10-12-4-2-1-3-5-12/h1-7,11,13,19H,8-10H2. The van der Waals surface area contributed by atoms with E-state index in [0.29, 0.717) is 25.2 Å². The van der Waals surface area contributed by atoms with E-state index in [-0.39, 0.29) is 11.7 Å². The Hall–Kier alpha value is -2.29. The van der Waals surface area contributed by atoms with Gasteiger partial charge in [-0.2, -0.15) is 0 Å². The van der Waals surface area contributed by atoms with Crippen LogP contribution in [0.1, 0.15) is 29.0 Å². The van der Waals surface area contributed by atoms with Crippen molar-refractivity contribution in [2.45, 2.75) is 18.8 Å². The monoisotopic (exact) mass is 268 g/mol. The predicted octanol–water partition coefficient (Wildman–Crippen LogP) is 3.05. The number of carbonyl (C=O) groups excluding carboxylic acids is 1. The zero-order valence-electron chi connectivity index (χ0n) is 11.1. The van der Waals surface area contributed by atoms with Crippen LogP contribution in [0.3, 0.4) is 0 Å². The molecule has 102 valence electrons. The van der Waals surface area contributed by atoms with Crippen molar-refractivity contribution in [1.82, 2.24) is 0 Å². The molecule has 0 aromatic heterocycles. The predicted molar refractivity (Wildman–Crippen MR) is 76.3 cm³/mol. The summed E-state index contributed by atoms with van der Waals surface area (Å²) in [6.45, 7) is 0.516. The Morgan fingerprint density at radius 2 is 2.00 bits per heavy atom. The van der Waals surface area contributed by atoms with E-state index in [1.807, 2.05) is 30.3 Å². The number of ether oxygens (including phenoxy) is 1. The second-order valence-corrected chi connectivity index (χ2v) is 5.02. The van der Waals surface area contributed by atoms with E-state index in [2.05, 4.69) is 0 Å². The largest absolute Gasteiger partial charge is 0.508 e. The van der Waals surface area contributed by atoms with E-state index in [4.69, 9.17) is 4.74 Å². The first kappa shape index (κ1) is 12.7. The molecule has 3 nitrogen and oxygen atoms in total. The molecular weight excluding hydrogens is 252 g/mol. The van der Waals surface area contributed by atoms with Crippen molar-refractivity contribution in [1.29, 1.82) is 0 Å². The highest BCUT2D eigenvalue weighted by atomic mass is 16.5. The molecule has 0 fully saturated rings. The lowest BCUT2D eigenvalue weighted by atomic mass is 9.90. The van der Waals surface area contributed by atoms with Gasteiger partial charge >= 0.3 is 0 Å². The molecule has 0 saturated carbocycles. The van der Waals surface area contributed by atoms with Gasteiger partial charge in [-0.15, -0.1) is 0 Å². The number of fused-ring (bicyclic) bond motifs is 1. The summed E-state index contributed by atoms with van der Waals surface area (Å²) in [4.78, 5) is 11.2. The van der Waals surface area contributed by atoms with Crippen LogP contribution in [0.4, 0.5) is 0 Å². The fraction of sp³-hybridized carbons (Fsp3) is 0.235. The zero-order valence-corrected chi connectivity index (χ0v) is 11.1. The van der Waals surface area contributed by atoms with E-state index in [1.54, 1.807) is 12.1 Å². The van der Waals surface area contributed by atoms with Gasteiger partial charge in [0.25, 0.3) is 0 Å². The van der Waals surface area contributed by atoms with Crippen molar-refractivity contribution in [3.8, 4) is 11.5 Å². The molecule has 1 unspecified atom stereocenters. The number of hydrogen-bond acceptors (Lipinski definition) is 3. The summed E-state index contributed by atoms with van der Waals surface area (Å²) < 4.78 is 5.72. The van der Waals surface area contributed by atoms with Crippen molar-refractivity contribution in [2.75, 3.05) is 6.61 Å². The lowest BCUT2D eigenvalue weighted by molar-refractivity contribution is -0.109. The average molecular weight is 268 g/mol. The molecule has 1 N–H and O–H groups in total. The van der Waals surface area contributed by atoms with Crippen molar-refractivity contribution in [3.05, 3.63) is 59.2 Å². The third kappa shape index (κ3) is 2.27. The summed E-state index contributed by atoms with van der Waals surface area (Å²) in [7, 11) is 0. The Balaban J connectivity index is 2.04. The molecule has 2 aromatic carbocycles. The van der Waals surface area contributed by atoms with Crippen molar-refractivity contribution < 1.29 is 14.6 Å². The van der Waals surface area contributed by atoms with Gasteiger partial charge in [0, 0.05) is 23.5 Å². The minimum atomic E-state index is -0.131. The quantitative estimate of drug-likeness (QED) is 0.870. The molecule has 3 heteroatoms. The van der Waals surface area contributed by atoms with Crippen LogP contribution in [-0.2, 0) is 11.2 Å². The SMILES string of the molecule is O=CC1CCOc2c1ccc(O)c2Cc1ccccc1. The lowest BCUT2D eigenvalue weighted by Crippen LogP contribution is -2.16. The first-order chi connectivity index (χ1) is 9.79. The molecule has 2 aromatic rings. The molecule has 1 atom stereocenters. The average Bonchev–Trinajstić information content (AvgIpc) is 2.50. The second-order valence-electron chi connectivity index (χ2n) is 5.02. The van der Waals surface area contributed by atoms with Crippen molar-refractivity contribution in [3.63, 3.8) is 0 Å². The summed E-state index contributed by atoms with van der Waals surface area (Å²) in [6.07, 6.45) is 2.26. The van der Waals surface area contributed by atoms with Crippen LogP contribution in [0.25, 0.3) is 0 Å². The second kappa shape index (κ2) is 5.37. The lowest BCUT2D eigenvalue weighted by Gasteiger charge is -2.25. The highest BCUT2D eigenvalue weighted by Crippen LogP contribution is 2.40. The normalized spacial score (nSPS) is 17.1. The fourth-order valence-electron chi connectivity index (χ4n) is 2.65. The minimum absolute atomic E-state index is 0.131. The summed E-state index contributed by atoms with van der Waals surface area (Å²) in [5, 5.41) is 10.1. The maximum absolute atomic E-state index is 11.2. The summed E-state index contributed by atoms with van der Waals surface area (Å²) >= 11 is 0. The summed E-state index contributed by atoms with van der Waals surface area (Å²) in [5.74, 6) is 0.769. The Morgan fingerprint density at radius 1 is 1.20 bits per heavy atom. The summed E-state index contributed by atoms with van der Waals surface area (Å²) in [6, 6.07) is 13.4. The first-order valence-corrected chi connectivity index (χ1v) is 6.76. The molecule has 0 spiro atoms. The number of benzene rings is 2. The van der Waals surface area contributed by atoms with Gasteiger partial charge < -0.3 is 14.6 Å². The van der Waals surface area contributed by atoms with Gasteiger partial charge in [0.05, 0.1) is 6.61 Å². The van der Waals surface area contributed by atoms with Crippen molar-refractivity contribution >= 4 is 6.29 Å². The molecule has 0 saturated heterocycles. The number of hydrogen-bond donors (Lipinski definition) is 1. The molecule has 3 rings (SSSR count). The molecule has 1 aliphatic rings. The molecule has 1 heterocycles. The Kier molecular flexibility index (Phi) is 3.42. The third-order valence-corrected chi connectivity index (χ3v) is 3.73. The van der Waals surface area contributed by atoms with Crippen LogP contribution in [-0.4, -0.2) is 18.0 Å². The molecule has 0 amide bonds. The summed E-state index contributed by atoms with van der Waals surface area (Å²) in [5.41, 5.74) is 2.75. The number of rotatable bonds is 3. The number of phenols is 1. The van der Waals surface area contributed by atoms with E-state index in [0.717, 1.165) is 23.0 Å². The van der Waals surface area contributed by atoms with E-state index in [1.165, 1.54) is 0 Å². The molecule has 0 radical (unpaired) electrons. The van der Waals surface area contributed by atoms with Gasteiger partial charge in [-0.1, -0.05) is 36.4 Å². The van der Waals surface area contributed by atoms with Crippen LogP contribution in [0.15, 0.2) is 42.5 Å². The third-order valence-electron chi connectivity index (χ3n) is 3.73. The van der Waals surface area contributed by atoms with Gasteiger partial charge in [0.2, 0.25) is 0 Å². The van der Waals surface area contributed by atoms with Gasteiger partial charge in [0.1, 0.15) is 17.8 Å². The maximum Gasteiger partial charge on any atom is 0.130 e. The van der Waals surface area contributed by atoms with Crippen LogP contribution in [0, 0.1) is 0 Å². The van der Waals surface area contributed by atoms with Crippen LogP contribution in [0.2, 0.25) is 0 Å². The number of carbonyl (C=O) groups is 1. The Labute approximate surface area is 117 Å².